The Hall–Kier alpha value is -2.49. The highest BCUT2D eigenvalue weighted by Gasteiger charge is 2.35. The smallest absolute Gasteiger partial charge is 0.419 e. The summed E-state index contributed by atoms with van der Waals surface area (Å²) in [6, 6.07) is 3.86. The monoisotopic (exact) mass is 517 g/mol. The molecule has 1 fully saturated rings. The largest absolute Gasteiger partial charge is 0.493 e. The Morgan fingerprint density at radius 1 is 1.20 bits per heavy atom. The maximum atomic E-state index is 13.7. The summed E-state index contributed by atoms with van der Waals surface area (Å²) >= 11 is 0. The van der Waals surface area contributed by atoms with E-state index in [0.29, 0.717) is 19.0 Å². The molecule has 1 aromatic heterocycles. The number of hydrogen-bond donors (Lipinski definition) is 2. The molecule has 0 saturated carbocycles. The predicted molar refractivity (Wildman–Crippen MR) is 131 cm³/mol. The van der Waals surface area contributed by atoms with Crippen LogP contribution in [0.2, 0.25) is 0 Å². The minimum atomic E-state index is -4.57. The van der Waals surface area contributed by atoms with E-state index in [2.05, 4.69) is 17.1 Å². The van der Waals surface area contributed by atoms with Crippen LogP contribution < -0.4 is 10.5 Å². The van der Waals surface area contributed by atoms with Crippen LogP contribution in [0.15, 0.2) is 22.7 Å². The zero-order valence-electron chi connectivity index (χ0n) is 20.1. The van der Waals surface area contributed by atoms with Crippen molar-refractivity contribution < 1.29 is 22.4 Å². The van der Waals surface area contributed by atoms with Crippen molar-refractivity contribution in [2.75, 3.05) is 19.7 Å². The molecule has 0 radical (unpaired) electrons. The standard InChI is InChI=1S/C24H34F3N5O2.ClH/c1-2-3-4-5-6-7-8-14-33-20-12-11-17(15-19(20)24(25,26)27)21-30-22(34-31-21)18-10-9-13-32(16-18)23(28)29;/h11-12,15,18H,2-10,13-14,16H2,1H3,(H3,28,29);1H/t18-;/m1./s1. The van der Waals surface area contributed by atoms with Crippen LogP contribution in [0.1, 0.15) is 82.1 Å². The fourth-order valence-corrected chi connectivity index (χ4v) is 4.17. The highest BCUT2D eigenvalue weighted by molar-refractivity contribution is 5.85. The van der Waals surface area contributed by atoms with Gasteiger partial charge in [-0.3, -0.25) is 5.41 Å². The fourth-order valence-electron chi connectivity index (χ4n) is 4.17. The van der Waals surface area contributed by atoms with E-state index in [1.807, 2.05) is 0 Å². The number of nitrogens with one attached hydrogen (secondary N) is 1. The molecule has 1 aliphatic heterocycles. The van der Waals surface area contributed by atoms with Gasteiger partial charge in [-0.1, -0.05) is 50.6 Å². The number of alkyl halides is 3. The molecule has 0 aliphatic carbocycles. The Balaban J connectivity index is 0.00000432. The lowest BCUT2D eigenvalue weighted by atomic mass is 9.98. The van der Waals surface area contributed by atoms with E-state index in [4.69, 9.17) is 20.4 Å². The summed E-state index contributed by atoms with van der Waals surface area (Å²) in [5, 5.41) is 11.5. The van der Waals surface area contributed by atoms with Gasteiger partial charge in [0.15, 0.2) is 5.96 Å². The lowest BCUT2D eigenvalue weighted by Gasteiger charge is -2.30. The van der Waals surface area contributed by atoms with Gasteiger partial charge in [0.25, 0.3) is 0 Å². The second-order valence-corrected chi connectivity index (χ2v) is 8.81. The van der Waals surface area contributed by atoms with Gasteiger partial charge in [0.1, 0.15) is 5.75 Å². The zero-order valence-corrected chi connectivity index (χ0v) is 20.9. The molecule has 1 aromatic carbocycles. The number of likely N-dealkylation sites (tertiary alicyclic amines) is 1. The van der Waals surface area contributed by atoms with Crippen LogP contribution in [-0.4, -0.2) is 40.7 Å². The van der Waals surface area contributed by atoms with Gasteiger partial charge in [0.2, 0.25) is 11.7 Å². The third-order valence-corrected chi connectivity index (χ3v) is 6.10. The van der Waals surface area contributed by atoms with Gasteiger partial charge in [0, 0.05) is 18.7 Å². The summed E-state index contributed by atoms with van der Waals surface area (Å²) in [5.41, 5.74) is 4.94. The molecule has 7 nitrogen and oxygen atoms in total. The maximum Gasteiger partial charge on any atom is 0.419 e. The minimum absolute atomic E-state index is 0. The van der Waals surface area contributed by atoms with Gasteiger partial charge in [0.05, 0.1) is 18.1 Å². The first kappa shape index (κ1) is 28.7. The van der Waals surface area contributed by atoms with Crippen molar-refractivity contribution in [3.63, 3.8) is 0 Å². The third-order valence-electron chi connectivity index (χ3n) is 6.10. The number of benzene rings is 1. The zero-order chi connectivity index (χ0) is 24.6. The quantitative estimate of drug-likeness (QED) is 0.204. The Labute approximate surface area is 210 Å². The van der Waals surface area contributed by atoms with Crippen LogP contribution >= 0.6 is 12.4 Å². The second kappa shape index (κ2) is 13.6. The molecule has 2 heterocycles. The third kappa shape index (κ3) is 8.30. The van der Waals surface area contributed by atoms with Crippen molar-refractivity contribution >= 4 is 18.4 Å². The first-order valence-corrected chi connectivity index (χ1v) is 12.1. The van der Waals surface area contributed by atoms with Gasteiger partial charge >= 0.3 is 6.18 Å². The molecule has 196 valence electrons. The van der Waals surface area contributed by atoms with E-state index >= 15 is 0 Å². The van der Waals surface area contributed by atoms with Gasteiger partial charge in [-0.25, -0.2) is 0 Å². The highest BCUT2D eigenvalue weighted by atomic mass is 35.5. The number of unbranched alkanes of at least 4 members (excludes halogenated alkanes) is 6. The van der Waals surface area contributed by atoms with E-state index in [0.717, 1.165) is 44.6 Å². The number of guanidine groups is 1. The van der Waals surface area contributed by atoms with Crippen LogP contribution in [0, 0.1) is 5.41 Å². The molecule has 3 rings (SSSR count). The first-order chi connectivity index (χ1) is 16.3. The average Bonchev–Trinajstić information content (AvgIpc) is 3.31. The highest BCUT2D eigenvalue weighted by Crippen LogP contribution is 2.39. The Morgan fingerprint density at radius 2 is 1.91 bits per heavy atom. The van der Waals surface area contributed by atoms with E-state index in [1.165, 1.54) is 31.4 Å². The summed E-state index contributed by atoms with van der Waals surface area (Å²) in [6.45, 7) is 3.56. The number of nitrogens with two attached hydrogens (primary N) is 1. The second-order valence-electron chi connectivity index (χ2n) is 8.81. The van der Waals surface area contributed by atoms with Crippen LogP contribution in [0.4, 0.5) is 13.2 Å². The van der Waals surface area contributed by atoms with Crippen molar-refractivity contribution in [1.29, 1.82) is 5.41 Å². The van der Waals surface area contributed by atoms with Crippen molar-refractivity contribution in [2.45, 2.75) is 76.8 Å². The van der Waals surface area contributed by atoms with Crippen LogP contribution in [0.5, 0.6) is 5.75 Å². The molecule has 0 bridgehead atoms. The van der Waals surface area contributed by atoms with Gasteiger partial charge in [-0.2, -0.15) is 18.2 Å². The van der Waals surface area contributed by atoms with Crippen molar-refractivity contribution in [1.82, 2.24) is 15.0 Å². The SMILES string of the molecule is CCCCCCCCCOc1ccc(-c2noc([C@@H]3CCCN(C(=N)N)C3)n2)cc1C(F)(F)F.Cl. The van der Waals surface area contributed by atoms with Crippen molar-refractivity contribution in [2.24, 2.45) is 5.73 Å². The molecule has 0 unspecified atom stereocenters. The number of halogens is 4. The summed E-state index contributed by atoms with van der Waals surface area (Å²) in [5.74, 6) is 0.111. The molecule has 11 heteroatoms. The molecular formula is C24H35ClF3N5O2. The Bertz CT molecular complexity index is 938. The Kier molecular flexibility index (Phi) is 11.1. The number of aromatic nitrogens is 2. The summed E-state index contributed by atoms with van der Waals surface area (Å²) in [4.78, 5) is 6.06. The van der Waals surface area contributed by atoms with Crippen LogP contribution in [0.25, 0.3) is 11.4 Å². The minimum Gasteiger partial charge on any atom is -0.493 e. The number of piperidine rings is 1. The van der Waals surface area contributed by atoms with Gasteiger partial charge < -0.3 is 19.9 Å². The molecule has 0 amide bonds. The molecule has 1 saturated heterocycles. The summed E-state index contributed by atoms with van der Waals surface area (Å²) in [7, 11) is 0. The molecule has 2 aromatic rings. The number of rotatable bonds is 11. The molecule has 1 aliphatic rings. The van der Waals surface area contributed by atoms with Crippen molar-refractivity contribution in [3.8, 4) is 17.1 Å². The predicted octanol–water partition coefficient (Wildman–Crippen LogP) is 6.38. The maximum absolute atomic E-state index is 13.7. The summed E-state index contributed by atoms with van der Waals surface area (Å²) in [6.07, 6.45) is 4.51. The van der Waals surface area contributed by atoms with Crippen LogP contribution in [-0.2, 0) is 6.18 Å². The molecule has 1 atom stereocenters. The van der Waals surface area contributed by atoms with Crippen LogP contribution in [0.3, 0.4) is 0 Å². The van der Waals surface area contributed by atoms with Gasteiger partial charge in [-0.05, 0) is 37.5 Å². The van der Waals surface area contributed by atoms with E-state index in [-0.39, 0.29) is 48.0 Å². The topological polar surface area (TPSA) is 101 Å². The lowest BCUT2D eigenvalue weighted by molar-refractivity contribution is -0.138. The number of nitrogens with zero attached hydrogens (tertiary/aromatic N) is 3. The molecule has 3 N–H and O–H groups in total. The molecular weight excluding hydrogens is 483 g/mol. The molecule has 35 heavy (non-hydrogen) atoms. The first-order valence-electron chi connectivity index (χ1n) is 12.1. The average molecular weight is 518 g/mol. The van der Waals surface area contributed by atoms with E-state index in [9.17, 15) is 13.2 Å². The number of hydrogen-bond acceptors (Lipinski definition) is 5. The van der Waals surface area contributed by atoms with Gasteiger partial charge in [-0.15, -0.1) is 12.4 Å². The van der Waals surface area contributed by atoms with E-state index in [1.54, 1.807) is 4.90 Å². The molecule has 0 spiro atoms. The number of ether oxygens (including phenoxy) is 1. The normalized spacial score (nSPS) is 16.1. The van der Waals surface area contributed by atoms with Crippen molar-refractivity contribution in [3.05, 3.63) is 29.7 Å². The fraction of sp³-hybridized carbons (Fsp3) is 0.625. The van der Waals surface area contributed by atoms with E-state index < -0.39 is 11.7 Å². The Morgan fingerprint density at radius 3 is 2.60 bits per heavy atom. The summed E-state index contributed by atoms with van der Waals surface area (Å²) < 4.78 is 52.0. The lowest BCUT2D eigenvalue weighted by Crippen LogP contribution is -2.42.